The normalized spacial score (nSPS) is 20.3. The predicted molar refractivity (Wildman–Crippen MR) is 133 cm³/mol. The molecule has 0 aliphatic heterocycles. The molecule has 0 amide bonds. The van der Waals surface area contributed by atoms with E-state index in [1.807, 2.05) is 52.0 Å². The molecule has 0 saturated heterocycles. The number of esters is 2. The van der Waals surface area contributed by atoms with Gasteiger partial charge < -0.3 is 18.9 Å². The molecule has 0 radical (unpaired) electrons. The molecule has 7 heteroatoms. The van der Waals surface area contributed by atoms with Crippen LogP contribution in [0.3, 0.4) is 0 Å². The van der Waals surface area contributed by atoms with Gasteiger partial charge in [0.05, 0.1) is 18.4 Å². The zero-order valence-corrected chi connectivity index (χ0v) is 22.1. The maximum atomic E-state index is 13.5. The fourth-order valence-electron chi connectivity index (χ4n) is 4.86. The summed E-state index contributed by atoms with van der Waals surface area (Å²) in [7, 11) is 1.37. The van der Waals surface area contributed by atoms with E-state index in [1.165, 1.54) is 7.11 Å². The molecule has 5 atom stereocenters. The lowest BCUT2D eigenvalue weighted by atomic mass is 9.73. The van der Waals surface area contributed by atoms with Gasteiger partial charge in [-0.15, -0.1) is 0 Å². The number of hydrogen-bond donors (Lipinski definition) is 0. The van der Waals surface area contributed by atoms with E-state index < -0.39 is 11.3 Å². The van der Waals surface area contributed by atoms with Crippen LogP contribution in [0.2, 0.25) is 0 Å². The summed E-state index contributed by atoms with van der Waals surface area (Å²) in [6.45, 7) is 10.2. The van der Waals surface area contributed by atoms with Gasteiger partial charge in [0.25, 0.3) is 0 Å². The van der Waals surface area contributed by atoms with Crippen molar-refractivity contribution in [3.63, 3.8) is 0 Å². The lowest BCUT2D eigenvalue weighted by Crippen LogP contribution is -2.38. The number of rotatable bonds is 13. The topological polar surface area (TPSA) is 88.1 Å². The Bertz CT molecular complexity index is 834. The summed E-state index contributed by atoms with van der Waals surface area (Å²) in [6, 6.07) is 7.77. The highest BCUT2D eigenvalue weighted by molar-refractivity contribution is 5.81. The average molecular weight is 491 g/mol. The van der Waals surface area contributed by atoms with Crippen molar-refractivity contribution in [2.24, 2.45) is 11.3 Å². The molecule has 2 rings (SSSR count). The quantitative estimate of drug-likeness (QED) is 0.263. The van der Waals surface area contributed by atoms with Gasteiger partial charge in [-0.25, -0.2) is 0 Å². The van der Waals surface area contributed by atoms with E-state index in [0.717, 1.165) is 12.0 Å². The minimum atomic E-state index is -0.909. The molecule has 0 N–H and O–H groups in total. The largest absolute Gasteiger partial charge is 0.469 e. The van der Waals surface area contributed by atoms with E-state index in [4.69, 9.17) is 18.9 Å². The molecule has 1 aliphatic rings. The molecule has 0 aromatic heterocycles. The van der Waals surface area contributed by atoms with Gasteiger partial charge in [-0.3, -0.25) is 14.4 Å². The maximum absolute atomic E-state index is 13.5. The Kier molecular flexibility index (Phi) is 11.2. The SMILES string of the molecule is CCOC(C)Oc1ccc(C(C)CC(C)(CC(CC)C(=O)OC)C(=O)OC2CCCC(=O)C2)cc1. The molecule has 196 valence electrons. The Balaban J connectivity index is 2.19. The Hall–Kier alpha value is -2.41. The van der Waals surface area contributed by atoms with E-state index in [-0.39, 0.29) is 42.5 Å². The first-order valence-corrected chi connectivity index (χ1v) is 12.8. The van der Waals surface area contributed by atoms with Gasteiger partial charge in [0.2, 0.25) is 0 Å². The molecule has 1 aliphatic carbocycles. The minimum Gasteiger partial charge on any atom is -0.469 e. The highest BCUT2D eigenvalue weighted by Crippen LogP contribution is 2.40. The number of methoxy groups -OCH3 is 1. The summed E-state index contributed by atoms with van der Waals surface area (Å²) in [5.74, 6) is -0.217. The Morgan fingerprint density at radius 3 is 2.37 bits per heavy atom. The molecule has 1 fully saturated rings. The van der Waals surface area contributed by atoms with Gasteiger partial charge in [0, 0.05) is 19.4 Å². The molecule has 7 nitrogen and oxygen atoms in total. The van der Waals surface area contributed by atoms with Crippen LogP contribution in [0.15, 0.2) is 24.3 Å². The third kappa shape index (κ3) is 8.64. The highest BCUT2D eigenvalue weighted by Gasteiger charge is 2.41. The summed E-state index contributed by atoms with van der Waals surface area (Å²) in [4.78, 5) is 37.7. The van der Waals surface area contributed by atoms with Crippen LogP contribution in [-0.2, 0) is 28.6 Å². The van der Waals surface area contributed by atoms with E-state index in [0.29, 0.717) is 44.5 Å². The Morgan fingerprint density at radius 2 is 1.80 bits per heavy atom. The van der Waals surface area contributed by atoms with Crippen molar-refractivity contribution < 1.29 is 33.3 Å². The fraction of sp³-hybridized carbons (Fsp3) is 0.679. The fourth-order valence-corrected chi connectivity index (χ4v) is 4.86. The predicted octanol–water partition coefficient (Wildman–Crippen LogP) is 5.59. The zero-order valence-electron chi connectivity index (χ0n) is 22.1. The summed E-state index contributed by atoms with van der Waals surface area (Å²) in [5, 5.41) is 0. The molecule has 0 bridgehead atoms. The van der Waals surface area contributed by atoms with Crippen molar-refractivity contribution in [1.82, 2.24) is 0 Å². The lowest BCUT2D eigenvalue weighted by Gasteiger charge is -2.34. The third-order valence-electron chi connectivity index (χ3n) is 6.84. The van der Waals surface area contributed by atoms with Crippen molar-refractivity contribution >= 4 is 17.7 Å². The molecule has 35 heavy (non-hydrogen) atoms. The number of benzene rings is 1. The van der Waals surface area contributed by atoms with Crippen LogP contribution in [0.4, 0.5) is 0 Å². The van der Waals surface area contributed by atoms with Crippen molar-refractivity contribution in [2.45, 2.75) is 97.9 Å². The number of Topliss-reactive ketones (excluding diaryl/α,β-unsaturated/α-hetero) is 1. The molecular weight excluding hydrogens is 448 g/mol. The lowest BCUT2D eigenvalue weighted by molar-refractivity contribution is -0.165. The standard InChI is InChI=1S/C28H42O7/c1-7-21(26(30)32-6)18-28(5,27(31)35-25-11-9-10-23(29)16-25)17-19(3)22-12-14-24(15-13-22)34-20(4)33-8-2/h12-15,19-21,25H,7-11,16-18H2,1-6H3. The van der Waals surface area contributed by atoms with E-state index >= 15 is 0 Å². The van der Waals surface area contributed by atoms with Crippen LogP contribution in [0, 0.1) is 11.3 Å². The maximum Gasteiger partial charge on any atom is 0.312 e. The minimum absolute atomic E-state index is 0.0223. The third-order valence-corrected chi connectivity index (χ3v) is 6.84. The monoisotopic (exact) mass is 490 g/mol. The molecule has 0 heterocycles. The van der Waals surface area contributed by atoms with Crippen LogP contribution >= 0.6 is 0 Å². The number of carbonyl (C=O) groups excluding carboxylic acids is 3. The van der Waals surface area contributed by atoms with Gasteiger partial charge in [-0.2, -0.15) is 0 Å². The van der Waals surface area contributed by atoms with Gasteiger partial charge in [-0.1, -0.05) is 26.0 Å². The number of ether oxygens (including phenoxy) is 4. The Labute approximate surface area is 209 Å². The van der Waals surface area contributed by atoms with Gasteiger partial charge in [0.1, 0.15) is 17.6 Å². The van der Waals surface area contributed by atoms with E-state index in [2.05, 4.69) is 6.92 Å². The van der Waals surface area contributed by atoms with Crippen molar-refractivity contribution in [1.29, 1.82) is 0 Å². The first-order chi connectivity index (χ1) is 16.6. The smallest absolute Gasteiger partial charge is 0.312 e. The highest BCUT2D eigenvalue weighted by atomic mass is 16.7. The van der Waals surface area contributed by atoms with Crippen molar-refractivity contribution in [3.8, 4) is 5.75 Å². The van der Waals surface area contributed by atoms with Crippen LogP contribution in [0.5, 0.6) is 5.75 Å². The van der Waals surface area contributed by atoms with E-state index in [9.17, 15) is 14.4 Å². The van der Waals surface area contributed by atoms with Gasteiger partial charge in [-0.05, 0) is 76.5 Å². The van der Waals surface area contributed by atoms with Gasteiger partial charge in [0.15, 0.2) is 6.29 Å². The average Bonchev–Trinajstić information content (AvgIpc) is 2.82. The van der Waals surface area contributed by atoms with Crippen LogP contribution < -0.4 is 4.74 Å². The second kappa shape index (κ2) is 13.6. The molecule has 0 spiro atoms. The van der Waals surface area contributed by atoms with Gasteiger partial charge >= 0.3 is 11.9 Å². The molecule has 5 unspecified atom stereocenters. The Morgan fingerprint density at radius 1 is 1.11 bits per heavy atom. The second-order valence-corrected chi connectivity index (χ2v) is 9.87. The van der Waals surface area contributed by atoms with Crippen molar-refractivity contribution in [3.05, 3.63) is 29.8 Å². The first-order valence-electron chi connectivity index (χ1n) is 12.8. The summed E-state index contributed by atoms with van der Waals surface area (Å²) < 4.78 is 22.0. The zero-order chi connectivity index (χ0) is 26.0. The number of carbonyl (C=O) groups is 3. The first kappa shape index (κ1) is 28.8. The van der Waals surface area contributed by atoms with Crippen LogP contribution in [0.25, 0.3) is 0 Å². The summed E-state index contributed by atoms with van der Waals surface area (Å²) >= 11 is 0. The number of ketones is 1. The van der Waals surface area contributed by atoms with Crippen molar-refractivity contribution in [2.75, 3.05) is 13.7 Å². The van der Waals surface area contributed by atoms with E-state index in [1.54, 1.807) is 0 Å². The summed E-state index contributed by atoms with van der Waals surface area (Å²) in [5.41, 5.74) is 0.146. The van der Waals surface area contributed by atoms with Crippen LogP contribution in [-0.4, -0.2) is 43.8 Å². The van der Waals surface area contributed by atoms with Crippen LogP contribution in [0.1, 0.15) is 91.0 Å². The summed E-state index contributed by atoms with van der Waals surface area (Å²) in [6.07, 6.45) is 2.91. The molecular formula is C28H42O7. The molecule has 1 aromatic rings. The molecule has 1 aromatic carbocycles. The number of hydrogen-bond acceptors (Lipinski definition) is 7. The second-order valence-electron chi connectivity index (χ2n) is 9.87. The molecule has 1 saturated carbocycles.